The molecule has 4 aromatic rings. The molecule has 1 aliphatic carbocycles. The Bertz CT molecular complexity index is 1750. The van der Waals surface area contributed by atoms with Crippen molar-refractivity contribution < 1.29 is 24.0 Å². The third kappa shape index (κ3) is 3.87. The highest BCUT2D eigenvalue weighted by atomic mass is 16.5. The Morgan fingerprint density at radius 2 is 1.81 bits per heavy atom. The van der Waals surface area contributed by atoms with E-state index in [0.29, 0.717) is 44.5 Å². The molecule has 5 heterocycles. The maximum absolute atomic E-state index is 14.4. The largest absolute Gasteiger partial charge is 0.465 e. The van der Waals surface area contributed by atoms with Gasteiger partial charge in [-0.2, -0.15) is 0 Å². The molecule has 0 atom stereocenters. The highest BCUT2D eigenvalue weighted by Gasteiger charge is 2.57. The number of anilines is 1. The van der Waals surface area contributed by atoms with Gasteiger partial charge < -0.3 is 24.7 Å². The standard InChI is InChI=1S/C31H30N6O5/c1-18-25(19(2)42-35-18)26-21-6-4-3-5-20(21)15-33-23(26)17-37-24-16-32-12-7-22(24)30(27(37)38)10-13-36(14-11-30)28(39)31(8-9-31)34-29(40)41/h3-7,12,15-16,34H,8-11,13-14,17H2,1-2H3,(H,40,41). The molecule has 3 amide bonds. The van der Waals surface area contributed by atoms with Crippen LogP contribution in [0.25, 0.3) is 21.9 Å². The molecular weight excluding hydrogens is 536 g/mol. The molecule has 0 bridgehead atoms. The number of pyridine rings is 2. The number of nitrogens with zero attached hydrogens (tertiary/aromatic N) is 5. The number of rotatable bonds is 5. The summed E-state index contributed by atoms with van der Waals surface area (Å²) in [5.74, 6) is 0.435. The second-order valence-corrected chi connectivity index (χ2v) is 11.5. The van der Waals surface area contributed by atoms with Crippen molar-refractivity contribution in [3.05, 3.63) is 71.6 Å². The zero-order chi connectivity index (χ0) is 29.2. The summed E-state index contributed by atoms with van der Waals surface area (Å²) in [6.45, 7) is 4.74. The molecule has 1 saturated heterocycles. The minimum absolute atomic E-state index is 0.0398. The summed E-state index contributed by atoms with van der Waals surface area (Å²) < 4.78 is 5.53. The van der Waals surface area contributed by atoms with Gasteiger partial charge >= 0.3 is 6.09 Å². The number of aryl methyl sites for hydroxylation is 2. The van der Waals surface area contributed by atoms with E-state index < -0.39 is 17.0 Å². The zero-order valence-electron chi connectivity index (χ0n) is 23.4. The van der Waals surface area contributed by atoms with Crippen LogP contribution in [0.3, 0.4) is 0 Å². The maximum atomic E-state index is 14.4. The smallest absolute Gasteiger partial charge is 0.405 e. The summed E-state index contributed by atoms with van der Waals surface area (Å²) in [5, 5.41) is 17.8. The molecule has 3 aliphatic rings. The highest BCUT2D eigenvalue weighted by Crippen LogP contribution is 2.49. The molecule has 214 valence electrons. The third-order valence-electron chi connectivity index (χ3n) is 9.14. The van der Waals surface area contributed by atoms with Gasteiger partial charge in [-0.05, 0) is 56.5 Å². The van der Waals surface area contributed by atoms with E-state index in [2.05, 4.69) is 15.5 Å². The predicted octanol–water partition coefficient (Wildman–Crippen LogP) is 4.11. The average Bonchev–Trinajstić information content (AvgIpc) is 3.65. The lowest BCUT2D eigenvalue weighted by Gasteiger charge is -2.39. The fourth-order valence-electron chi connectivity index (χ4n) is 6.84. The topological polar surface area (TPSA) is 142 Å². The summed E-state index contributed by atoms with van der Waals surface area (Å²) in [4.78, 5) is 51.6. The molecule has 11 nitrogen and oxygen atoms in total. The van der Waals surface area contributed by atoms with Gasteiger partial charge in [-0.25, -0.2) is 4.79 Å². The van der Waals surface area contributed by atoms with E-state index in [-0.39, 0.29) is 18.4 Å². The number of piperidine rings is 1. The van der Waals surface area contributed by atoms with Crippen LogP contribution in [0.1, 0.15) is 48.4 Å². The van der Waals surface area contributed by atoms with Gasteiger partial charge in [-0.1, -0.05) is 29.4 Å². The molecule has 11 heteroatoms. The molecule has 2 fully saturated rings. The second-order valence-electron chi connectivity index (χ2n) is 11.5. The molecule has 2 N–H and O–H groups in total. The van der Waals surface area contributed by atoms with Gasteiger partial charge in [-0.15, -0.1) is 0 Å². The van der Waals surface area contributed by atoms with E-state index in [4.69, 9.17) is 9.51 Å². The van der Waals surface area contributed by atoms with Crippen LogP contribution in [-0.4, -0.2) is 61.7 Å². The van der Waals surface area contributed by atoms with Crippen LogP contribution in [-0.2, 0) is 21.5 Å². The normalized spacial score (nSPS) is 18.4. The van der Waals surface area contributed by atoms with Crippen molar-refractivity contribution in [2.75, 3.05) is 18.0 Å². The van der Waals surface area contributed by atoms with Crippen molar-refractivity contribution in [1.29, 1.82) is 0 Å². The van der Waals surface area contributed by atoms with Gasteiger partial charge in [-0.3, -0.25) is 19.6 Å². The molecule has 2 aliphatic heterocycles. The van der Waals surface area contributed by atoms with Gasteiger partial charge in [0, 0.05) is 42.0 Å². The van der Waals surface area contributed by atoms with E-state index in [0.717, 1.165) is 44.5 Å². The SMILES string of the molecule is Cc1noc(C)c1-c1c(CN2C(=O)C3(CCN(C(=O)C4(NC(=O)O)CC4)CC3)c3ccncc32)ncc2ccccc12. The summed E-state index contributed by atoms with van der Waals surface area (Å²) in [6, 6.07) is 9.91. The predicted molar refractivity (Wildman–Crippen MR) is 153 cm³/mol. The molecule has 1 aromatic carbocycles. The molecule has 7 rings (SSSR count). The van der Waals surface area contributed by atoms with E-state index in [1.165, 1.54) is 0 Å². The molecule has 3 aromatic heterocycles. The molecule has 1 saturated carbocycles. The van der Waals surface area contributed by atoms with Crippen molar-refractivity contribution in [2.45, 2.75) is 57.0 Å². The summed E-state index contributed by atoms with van der Waals surface area (Å²) in [7, 11) is 0. The number of carboxylic acid groups (broad SMARTS) is 1. The minimum atomic E-state index is -1.20. The first kappa shape index (κ1) is 26.1. The Morgan fingerprint density at radius 1 is 1.05 bits per heavy atom. The van der Waals surface area contributed by atoms with Crippen LogP contribution in [0.2, 0.25) is 0 Å². The van der Waals surface area contributed by atoms with E-state index in [9.17, 15) is 19.5 Å². The quantitative estimate of drug-likeness (QED) is 0.368. The Kier molecular flexibility index (Phi) is 5.83. The Morgan fingerprint density at radius 3 is 2.50 bits per heavy atom. The van der Waals surface area contributed by atoms with E-state index in [1.54, 1.807) is 22.2 Å². The number of likely N-dealkylation sites (tertiary alicyclic amines) is 1. The van der Waals surface area contributed by atoms with Crippen molar-refractivity contribution in [3.8, 4) is 11.1 Å². The number of nitrogens with one attached hydrogen (secondary N) is 1. The Labute approximate surface area is 241 Å². The number of aromatic nitrogens is 3. The first-order valence-corrected chi connectivity index (χ1v) is 14.1. The van der Waals surface area contributed by atoms with Gasteiger partial charge in [0.25, 0.3) is 0 Å². The van der Waals surface area contributed by atoms with E-state index in [1.807, 2.05) is 50.4 Å². The minimum Gasteiger partial charge on any atom is -0.465 e. The van der Waals surface area contributed by atoms with Gasteiger partial charge in [0.1, 0.15) is 11.3 Å². The number of benzene rings is 1. The van der Waals surface area contributed by atoms with Crippen LogP contribution in [0.15, 0.2) is 53.4 Å². The van der Waals surface area contributed by atoms with Crippen molar-refractivity contribution in [3.63, 3.8) is 0 Å². The van der Waals surface area contributed by atoms with E-state index >= 15 is 0 Å². The second kappa shape index (κ2) is 9.37. The van der Waals surface area contributed by atoms with Crippen LogP contribution in [0.4, 0.5) is 10.5 Å². The lowest BCUT2D eigenvalue weighted by Crippen LogP contribution is -2.55. The van der Waals surface area contributed by atoms with Gasteiger partial charge in [0.05, 0.1) is 35.2 Å². The summed E-state index contributed by atoms with van der Waals surface area (Å²) in [6.07, 6.45) is 5.93. The van der Waals surface area contributed by atoms with Crippen molar-refractivity contribution in [2.24, 2.45) is 0 Å². The van der Waals surface area contributed by atoms with Gasteiger partial charge in [0.2, 0.25) is 11.8 Å². The maximum Gasteiger partial charge on any atom is 0.405 e. The summed E-state index contributed by atoms with van der Waals surface area (Å²) in [5.41, 5.74) is 3.06. The van der Waals surface area contributed by atoms with Crippen LogP contribution < -0.4 is 10.2 Å². The number of hydrogen-bond acceptors (Lipinski definition) is 7. The number of hydrogen-bond donors (Lipinski definition) is 2. The molecule has 0 radical (unpaired) electrons. The first-order chi connectivity index (χ1) is 20.2. The lowest BCUT2D eigenvalue weighted by atomic mass is 9.74. The number of amides is 3. The fourth-order valence-corrected chi connectivity index (χ4v) is 6.84. The molecular formula is C31H30N6O5. The first-order valence-electron chi connectivity index (χ1n) is 14.1. The average molecular weight is 567 g/mol. The van der Waals surface area contributed by atoms with Crippen LogP contribution in [0.5, 0.6) is 0 Å². The number of carbonyl (C=O) groups excluding carboxylic acids is 2. The zero-order valence-corrected chi connectivity index (χ0v) is 23.4. The fraction of sp³-hybridized carbons (Fsp3) is 0.355. The van der Waals surface area contributed by atoms with Crippen molar-refractivity contribution >= 4 is 34.4 Å². The van der Waals surface area contributed by atoms with Crippen LogP contribution >= 0.6 is 0 Å². The van der Waals surface area contributed by atoms with Gasteiger partial charge in [0.15, 0.2) is 0 Å². The summed E-state index contributed by atoms with van der Waals surface area (Å²) >= 11 is 0. The third-order valence-corrected chi connectivity index (χ3v) is 9.14. The van der Waals surface area contributed by atoms with Crippen molar-refractivity contribution in [1.82, 2.24) is 25.3 Å². The van der Waals surface area contributed by atoms with Crippen LogP contribution in [0, 0.1) is 13.8 Å². The molecule has 42 heavy (non-hydrogen) atoms. The number of carbonyl (C=O) groups is 3. The highest BCUT2D eigenvalue weighted by molar-refractivity contribution is 6.08. The Balaban J connectivity index is 1.23. The molecule has 1 spiro atoms. The molecule has 0 unspecified atom stereocenters. The Hall–Kier alpha value is -4.80. The monoisotopic (exact) mass is 566 g/mol. The lowest BCUT2D eigenvalue weighted by molar-refractivity contribution is -0.138. The number of fused-ring (bicyclic) bond motifs is 3.